The number of nitrogens with one attached hydrogen (secondary N) is 1. The summed E-state index contributed by atoms with van der Waals surface area (Å²) < 4.78 is 0. The van der Waals surface area contributed by atoms with Gasteiger partial charge in [0.25, 0.3) is 5.91 Å². The Labute approximate surface area is 141 Å². The summed E-state index contributed by atoms with van der Waals surface area (Å²) in [5.74, 6) is 0.424. The minimum absolute atomic E-state index is 0.115. The van der Waals surface area contributed by atoms with Crippen molar-refractivity contribution in [2.45, 2.75) is 20.3 Å². The molecule has 1 amide bonds. The van der Waals surface area contributed by atoms with Crippen molar-refractivity contribution >= 4 is 28.6 Å². The summed E-state index contributed by atoms with van der Waals surface area (Å²) >= 11 is 2.92. The van der Waals surface area contributed by atoms with Crippen molar-refractivity contribution in [3.8, 4) is 10.8 Å². The Morgan fingerprint density at radius 2 is 2.00 bits per heavy atom. The maximum Gasteiger partial charge on any atom is 0.263 e. The van der Waals surface area contributed by atoms with E-state index in [1.807, 2.05) is 19.2 Å². The molecule has 0 aliphatic carbocycles. The fourth-order valence-corrected chi connectivity index (χ4v) is 3.70. The number of hydrogen-bond donors (Lipinski definition) is 1. The maximum absolute atomic E-state index is 12.3. The number of amides is 1. The number of carbonyl (C=O) groups excluding carboxylic acids is 1. The highest BCUT2D eigenvalue weighted by Gasteiger charge is 2.17. The van der Waals surface area contributed by atoms with Crippen molar-refractivity contribution in [1.29, 1.82) is 0 Å². The van der Waals surface area contributed by atoms with E-state index >= 15 is 0 Å². The Morgan fingerprint density at radius 1 is 1.22 bits per heavy atom. The van der Waals surface area contributed by atoms with Crippen LogP contribution in [0.1, 0.15) is 26.1 Å². The summed E-state index contributed by atoms with van der Waals surface area (Å²) in [7, 11) is 0. The predicted octanol–water partition coefficient (Wildman–Crippen LogP) is 2.65. The Bertz CT molecular complexity index is 812. The molecular formula is C15H15N5OS2. The van der Waals surface area contributed by atoms with Crippen molar-refractivity contribution in [2.24, 2.45) is 0 Å². The molecule has 0 saturated carbocycles. The molecule has 3 aromatic heterocycles. The van der Waals surface area contributed by atoms with Crippen LogP contribution < -0.4 is 5.32 Å². The molecule has 0 aliphatic rings. The molecule has 0 aromatic carbocycles. The monoisotopic (exact) mass is 345 g/mol. The fraction of sp³-hybridized carbons (Fsp3) is 0.267. The SMILES string of the molecule is Cc1csc(CCNC(=O)c2sc(-c3ncccn3)nc2C)n1. The molecule has 1 N–H and O–H groups in total. The smallest absolute Gasteiger partial charge is 0.263 e. The van der Waals surface area contributed by atoms with E-state index in [0.29, 0.717) is 27.9 Å². The summed E-state index contributed by atoms with van der Waals surface area (Å²) in [5, 5.41) is 6.62. The van der Waals surface area contributed by atoms with Gasteiger partial charge in [-0.05, 0) is 19.9 Å². The van der Waals surface area contributed by atoms with Crippen LogP contribution in [0.5, 0.6) is 0 Å². The van der Waals surface area contributed by atoms with Gasteiger partial charge < -0.3 is 5.32 Å². The van der Waals surface area contributed by atoms with Crippen molar-refractivity contribution in [3.63, 3.8) is 0 Å². The van der Waals surface area contributed by atoms with Gasteiger partial charge in [-0.15, -0.1) is 22.7 Å². The molecule has 3 heterocycles. The van der Waals surface area contributed by atoms with E-state index in [1.165, 1.54) is 11.3 Å². The molecule has 23 heavy (non-hydrogen) atoms. The largest absolute Gasteiger partial charge is 0.351 e. The third-order valence-electron chi connectivity index (χ3n) is 3.05. The van der Waals surface area contributed by atoms with Crippen LogP contribution in [0.15, 0.2) is 23.8 Å². The Hall–Kier alpha value is -2.19. The average Bonchev–Trinajstić information content (AvgIpc) is 3.14. The number of aryl methyl sites for hydroxylation is 2. The fourth-order valence-electron chi connectivity index (χ4n) is 1.99. The third-order valence-corrected chi connectivity index (χ3v) is 5.23. The van der Waals surface area contributed by atoms with Gasteiger partial charge in [-0.2, -0.15) is 0 Å². The number of thiazole rings is 2. The molecule has 0 atom stereocenters. The Kier molecular flexibility index (Phi) is 4.73. The second-order valence-corrected chi connectivity index (χ2v) is 6.84. The van der Waals surface area contributed by atoms with E-state index in [9.17, 15) is 4.79 Å². The maximum atomic E-state index is 12.3. The summed E-state index contributed by atoms with van der Waals surface area (Å²) in [6.07, 6.45) is 4.06. The van der Waals surface area contributed by atoms with Crippen LogP contribution >= 0.6 is 22.7 Å². The highest BCUT2D eigenvalue weighted by Crippen LogP contribution is 2.24. The predicted molar refractivity (Wildman–Crippen MR) is 90.8 cm³/mol. The molecule has 0 spiro atoms. The van der Waals surface area contributed by atoms with E-state index in [2.05, 4.69) is 25.3 Å². The van der Waals surface area contributed by atoms with Gasteiger partial charge in [0.2, 0.25) is 0 Å². The normalized spacial score (nSPS) is 10.7. The molecule has 3 rings (SSSR count). The lowest BCUT2D eigenvalue weighted by atomic mass is 10.3. The summed E-state index contributed by atoms with van der Waals surface area (Å²) in [6.45, 7) is 4.34. The van der Waals surface area contributed by atoms with Gasteiger partial charge in [0.1, 0.15) is 4.88 Å². The lowest BCUT2D eigenvalue weighted by molar-refractivity contribution is 0.0957. The van der Waals surface area contributed by atoms with Crippen molar-refractivity contribution in [3.05, 3.63) is 45.1 Å². The zero-order valence-electron chi connectivity index (χ0n) is 12.7. The van der Waals surface area contributed by atoms with Gasteiger partial charge in [0.15, 0.2) is 10.8 Å². The highest BCUT2D eigenvalue weighted by molar-refractivity contribution is 7.17. The van der Waals surface area contributed by atoms with Crippen LogP contribution in [0.2, 0.25) is 0 Å². The molecule has 0 radical (unpaired) electrons. The van der Waals surface area contributed by atoms with Gasteiger partial charge >= 0.3 is 0 Å². The van der Waals surface area contributed by atoms with Gasteiger partial charge in [0, 0.05) is 36.4 Å². The molecule has 118 valence electrons. The second-order valence-electron chi connectivity index (χ2n) is 4.89. The average molecular weight is 345 g/mol. The van der Waals surface area contributed by atoms with E-state index in [0.717, 1.165) is 17.1 Å². The Morgan fingerprint density at radius 3 is 2.70 bits per heavy atom. The highest BCUT2D eigenvalue weighted by atomic mass is 32.1. The molecule has 6 nitrogen and oxygen atoms in total. The zero-order valence-corrected chi connectivity index (χ0v) is 14.4. The van der Waals surface area contributed by atoms with Crippen LogP contribution in [0.25, 0.3) is 10.8 Å². The van der Waals surface area contributed by atoms with Crippen LogP contribution in [0, 0.1) is 13.8 Å². The Balaban J connectivity index is 1.64. The van der Waals surface area contributed by atoms with Gasteiger partial charge in [0.05, 0.1) is 10.7 Å². The molecular weight excluding hydrogens is 330 g/mol. The molecule has 8 heteroatoms. The number of aromatic nitrogens is 4. The van der Waals surface area contributed by atoms with E-state index in [1.54, 1.807) is 29.8 Å². The molecule has 3 aromatic rings. The molecule has 0 aliphatic heterocycles. The minimum atomic E-state index is -0.115. The van der Waals surface area contributed by atoms with Gasteiger partial charge in [-0.25, -0.2) is 19.9 Å². The van der Waals surface area contributed by atoms with Crippen molar-refractivity contribution in [1.82, 2.24) is 25.3 Å². The first kappa shape index (κ1) is 15.7. The van der Waals surface area contributed by atoms with Crippen molar-refractivity contribution < 1.29 is 4.79 Å². The number of nitrogens with zero attached hydrogens (tertiary/aromatic N) is 4. The van der Waals surface area contributed by atoms with E-state index < -0.39 is 0 Å². The second kappa shape index (κ2) is 6.93. The standard InChI is InChI=1S/C15H15N5OS2/c1-9-8-22-11(19-9)4-7-18-14(21)12-10(2)20-15(23-12)13-16-5-3-6-17-13/h3,5-6,8H,4,7H2,1-2H3,(H,18,21). The van der Waals surface area contributed by atoms with Gasteiger partial charge in [-0.3, -0.25) is 4.79 Å². The minimum Gasteiger partial charge on any atom is -0.351 e. The van der Waals surface area contributed by atoms with Crippen molar-refractivity contribution in [2.75, 3.05) is 6.54 Å². The molecule has 0 fully saturated rings. The summed E-state index contributed by atoms with van der Waals surface area (Å²) in [6, 6.07) is 1.75. The molecule has 0 bridgehead atoms. The lowest BCUT2D eigenvalue weighted by Gasteiger charge is -2.02. The van der Waals surface area contributed by atoms with Gasteiger partial charge in [-0.1, -0.05) is 0 Å². The topological polar surface area (TPSA) is 80.7 Å². The zero-order chi connectivity index (χ0) is 16.2. The summed E-state index contributed by atoms with van der Waals surface area (Å²) in [5.41, 5.74) is 1.71. The molecule has 0 unspecified atom stereocenters. The van der Waals surface area contributed by atoms with Crippen LogP contribution in [0.4, 0.5) is 0 Å². The van der Waals surface area contributed by atoms with Crippen LogP contribution in [-0.2, 0) is 6.42 Å². The molecule has 0 saturated heterocycles. The first-order valence-corrected chi connectivity index (χ1v) is 8.77. The van der Waals surface area contributed by atoms with E-state index in [-0.39, 0.29) is 5.91 Å². The number of carbonyl (C=O) groups is 1. The van der Waals surface area contributed by atoms with Crippen LogP contribution in [0.3, 0.4) is 0 Å². The summed E-state index contributed by atoms with van der Waals surface area (Å²) in [4.78, 5) is 30.0. The van der Waals surface area contributed by atoms with E-state index in [4.69, 9.17) is 0 Å². The first-order valence-electron chi connectivity index (χ1n) is 7.07. The number of rotatable bonds is 5. The number of hydrogen-bond acceptors (Lipinski definition) is 7. The first-order chi connectivity index (χ1) is 11.1. The lowest BCUT2D eigenvalue weighted by Crippen LogP contribution is -2.25. The quantitative estimate of drug-likeness (QED) is 0.769. The third kappa shape index (κ3) is 3.77. The van der Waals surface area contributed by atoms with Crippen LogP contribution in [-0.4, -0.2) is 32.4 Å².